The second-order valence-electron chi connectivity index (χ2n) is 5.65. The Balaban J connectivity index is 1.47. The van der Waals surface area contributed by atoms with E-state index in [0.29, 0.717) is 22.5 Å². The molecular formula is C19H15N3O3. The van der Waals surface area contributed by atoms with Crippen LogP contribution in [0.1, 0.15) is 0 Å². The third-order valence-electron chi connectivity index (χ3n) is 3.91. The van der Waals surface area contributed by atoms with Crippen LogP contribution < -0.4 is 15.7 Å². The van der Waals surface area contributed by atoms with E-state index in [1.807, 2.05) is 42.5 Å². The minimum Gasteiger partial charge on any atom is -0.483 e. The van der Waals surface area contributed by atoms with Crippen LogP contribution in [0.5, 0.6) is 5.75 Å². The fraction of sp³-hybridized carbons (Fsp3) is 0.0526. The number of ether oxygens (including phenoxy) is 1. The summed E-state index contributed by atoms with van der Waals surface area (Å²) in [5, 5.41) is 4.78. The number of rotatable bonds is 4. The van der Waals surface area contributed by atoms with Gasteiger partial charge in [0.05, 0.1) is 11.0 Å². The summed E-state index contributed by atoms with van der Waals surface area (Å²) in [6, 6.07) is 18.7. The van der Waals surface area contributed by atoms with Gasteiger partial charge in [0.2, 0.25) is 0 Å². The molecular weight excluding hydrogens is 318 g/mol. The van der Waals surface area contributed by atoms with Gasteiger partial charge in [-0.25, -0.2) is 4.79 Å². The Kier molecular flexibility index (Phi) is 3.70. The maximum atomic E-state index is 12.1. The van der Waals surface area contributed by atoms with Gasteiger partial charge >= 0.3 is 5.69 Å². The van der Waals surface area contributed by atoms with Crippen LogP contribution in [0, 0.1) is 0 Å². The van der Waals surface area contributed by atoms with Crippen molar-refractivity contribution in [2.45, 2.75) is 0 Å². The first-order valence-electron chi connectivity index (χ1n) is 7.81. The van der Waals surface area contributed by atoms with Crippen molar-refractivity contribution in [2.75, 3.05) is 11.9 Å². The van der Waals surface area contributed by atoms with Gasteiger partial charge in [0.1, 0.15) is 5.75 Å². The Morgan fingerprint density at radius 1 is 0.960 bits per heavy atom. The number of imidazole rings is 1. The quantitative estimate of drug-likeness (QED) is 0.536. The monoisotopic (exact) mass is 333 g/mol. The summed E-state index contributed by atoms with van der Waals surface area (Å²) in [4.78, 5) is 28.7. The van der Waals surface area contributed by atoms with Gasteiger partial charge in [-0.3, -0.25) is 4.79 Å². The van der Waals surface area contributed by atoms with Gasteiger partial charge in [0.15, 0.2) is 6.61 Å². The lowest BCUT2D eigenvalue weighted by molar-refractivity contribution is -0.118. The highest BCUT2D eigenvalue weighted by Crippen LogP contribution is 2.25. The lowest BCUT2D eigenvalue weighted by Crippen LogP contribution is -2.20. The van der Waals surface area contributed by atoms with E-state index in [1.165, 1.54) is 0 Å². The molecule has 0 radical (unpaired) electrons. The summed E-state index contributed by atoms with van der Waals surface area (Å²) < 4.78 is 5.67. The Morgan fingerprint density at radius 2 is 1.76 bits per heavy atom. The van der Waals surface area contributed by atoms with Crippen molar-refractivity contribution < 1.29 is 9.53 Å². The van der Waals surface area contributed by atoms with E-state index in [9.17, 15) is 9.59 Å². The minimum atomic E-state index is -0.280. The fourth-order valence-corrected chi connectivity index (χ4v) is 2.77. The molecule has 1 heterocycles. The number of aromatic nitrogens is 2. The highest BCUT2D eigenvalue weighted by atomic mass is 16.5. The van der Waals surface area contributed by atoms with E-state index in [1.54, 1.807) is 18.2 Å². The molecule has 0 spiro atoms. The predicted octanol–water partition coefficient (Wildman–Crippen LogP) is 3.03. The molecule has 0 aliphatic rings. The SMILES string of the molecule is O=C(COc1cccc2ccccc12)Nc1ccc2[nH]c(=O)[nH]c2c1. The first-order chi connectivity index (χ1) is 12.2. The summed E-state index contributed by atoms with van der Waals surface area (Å²) in [7, 11) is 0. The molecule has 0 atom stereocenters. The second kappa shape index (κ2) is 6.16. The normalized spacial score (nSPS) is 10.9. The van der Waals surface area contributed by atoms with E-state index in [2.05, 4.69) is 15.3 Å². The molecule has 3 N–H and O–H groups in total. The molecule has 0 unspecified atom stereocenters. The van der Waals surface area contributed by atoms with Crippen molar-refractivity contribution in [2.24, 2.45) is 0 Å². The van der Waals surface area contributed by atoms with Crippen LogP contribution in [0.25, 0.3) is 21.8 Å². The van der Waals surface area contributed by atoms with E-state index in [0.717, 1.165) is 10.8 Å². The van der Waals surface area contributed by atoms with Gasteiger partial charge in [-0.1, -0.05) is 36.4 Å². The molecule has 1 aromatic heterocycles. The third-order valence-corrected chi connectivity index (χ3v) is 3.91. The zero-order chi connectivity index (χ0) is 17.2. The largest absolute Gasteiger partial charge is 0.483 e. The van der Waals surface area contributed by atoms with Crippen LogP contribution in [-0.2, 0) is 4.79 Å². The summed E-state index contributed by atoms with van der Waals surface area (Å²) in [5.41, 5.74) is 1.64. The molecule has 0 aliphatic heterocycles. The van der Waals surface area contributed by atoms with E-state index in [-0.39, 0.29) is 18.2 Å². The molecule has 4 aromatic rings. The first kappa shape index (κ1) is 15.0. The number of nitrogens with one attached hydrogen (secondary N) is 3. The number of fused-ring (bicyclic) bond motifs is 2. The summed E-state index contributed by atoms with van der Waals surface area (Å²) in [5.74, 6) is 0.392. The molecule has 0 saturated carbocycles. The van der Waals surface area contributed by atoms with Gasteiger partial charge in [-0.05, 0) is 29.7 Å². The van der Waals surface area contributed by atoms with E-state index in [4.69, 9.17) is 4.74 Å². The predicted molar refractivity (Wildman–Crippen MR) is 97.0 cm³/mol. The fourth-order valence-electron chi connectivity index (χ4n) is 2.77. The molecule has 0 bridgehead atoms. The second-order valence-corrected chi connectivity index (χ2v) is 5.65. The molecule has 0 aliphatic carbocycles. The van der Waals surface area contributed by atoms with Gasteiger partial charge in [0.25, 0.3) is 5.91 Å². The van der Waals surface area contributed by atoms with Gasteiger partial charge in [0, 0.05) is 11.1 Å². The van der Waals surface area contributed by atoms with Crippen molar-refractivity contribution in [1.82, 2.24) is 9.97 Å². The Labute approximate surface area is 142 Å². The number of H-pyrrole nitrogens is 2. The summed E-state index contributed by atoms with van der Waals surface area (Å²) in [6.45, 7) is -0.101. The Hall–Kier alpha value is -3.54. The number of carbonyl (C=O) groups is 1. The molecule has 0 saturated heterocycles. The lowest BCUT2D eigenvalue weighted by atomic mass is 10.1. The first-order valence-corrected chi connectivity index (χ1v) is 7.81. The average molecular weight is 333 g/mol. The standard InChI is InChI=1S/C19H15N3O3/c23-18(20-13-8-9-15-16(10-13)22-19(24)21-15)11-25-17-7-3-5-12-4-1-2-6-14(12)17/h1-10H,11H2,(H,20,23)(H2,21,22,24). The van der Waals surface area contributed by atoms with Crippen molar-refractivity contribution in [3.05, 3.63) is 71.1 Å². The van der Waals surface area contributed by atoms with Crippen LogP contribution in [-0.4, -0.2) is 22.5 Å². The van der Waals surface area contributed by atoms with E-state index >= 15 is 0 Å². The van der Waals surface area contributed by atoms with Gasteiger partial charge in [-0.2, -0.15) is 0 Å². The number of hydrogen-bond acceptors (Lipinski definition) is 3. The number of benzene rings is 3. The van der Waals surface area contributed by atoms with Crippen LogP contribution in [0.4, 0.5) is 5.69 Å². The van der Waals surface area contributed by atoms with Crippen LogP contribution >= 0.6 is 0 Å². The highest BCUT2D eigenvalue weighted by Gasteiger charge is 2.07. The number of carbonyl (C=O) groups excluding carboxylic acids is 1. The van der Waals surface area contributed by atoms with Crippen molar-refractivity contribution in [1.29, 1.82) is 0 Å². The molecule has 4 rings (SSSR count). The lowest BCUT2D eigenvalue weighted by Gasteiger charge is -2.10. The van der Waals surface area contributed by atoms with Crippen molar-refractivity contribution >= 4 is 33.4 Å². The summed E-state index contributed by atoms with van der Waals surface area (Å²) in [6.07, 6.45) is 0. The van der Waals surface area contributed by atoms with Gasteiger partial charge < -0.3 is 20.0 Å². The Morgan fingerprint density at radius 3 is 2.68 bits per heavy atom. The zero-order valence-electron chi connectivity index (χ0n) is 13.2. The van der Waals surface area contributed by atoms with Crippen molar-refractivity contribution in [3.8, 4) is 5.75 Å². The molecule has 3 aromatic carbocycles. The maximum Gasteiger partial charge on any atom is 0.323 e. The molecule has 1 amide bonds. The topological polar surface area (TPSA) is 87.0 Å². The number of aromatic amines is 2. The average Bonchev–Trinajstić information content (AvgIpc) is 2.99. The van der Waals surface area contributed by atoms with Crippen LogP contribution in [0.2, 0.25) is 0 Å². The van der Waals surface area contributed by atoms with E-state index < -0.39 is 0 Å². The van der Waals surface area contributed by atoms with Crippen LogP contribution in [0.3, 0.4) is 0 Å². The number of hydrogen-bond donors (Lipinski definition) is 3. The van der Waals surface area contributed by atoms with Crippen molar-refractivity contribution in [3.63, 3.8) is 0 Å². The third kappa shape index (κ3) is 3.10. The molecule has 6 nitrogen and oxygen atoms in total. The van der Waals surface area contributed by atoms with Crippen LogP contribution in [0.15, 0.2) is 65.5 Å². The molecule has 124 valence electrons. The smallest absolute Gasteiger partial charge is 0.323 e. The maximum absolute atomic E-state index is 12.1. The minimum absolute atomic E-state index is 0.101. The Bertz CT molecular complexity index is 1120. The summed E-state index contributed by atoms with van der Waals surface area (Å²) >= 11 is 0. The number of anilines is 1. The molecule has 25 heavy (non-hydrogen) atoms. The number of amides is 1. The zero-order valence-corrected chi connectivity index (χ0v) is 13.2. The molecule has 0 fully saturated rings. The van der Waals surface area contributed by atoms with Gasteiger partial charge in [-0.15, -0.1) is 0 Å². The molecule has 6 heteroatoms. The highest BCUT2D eigenvalue weighted by molar-refractivity contribution is 5.94.